The molecule has 7 nitrogen and oxygen atoms in total. The monoisotopic (exact) mass is 296 g/mol. The summed E-state index contributed by atoms with van der Waals surface area (Å²) in [5.41, 5.74) is -0.247. The second-order valence-electron chi connectivity index (χ2n) is 4.63. The minimum Gasteiger partial charge on any atom is -0.461 e. The van der Waals surface area contributed by atoms with Gasteiger partial charge in [0.05, 0.1) is 6.10 Å². The first-order chi connectivity index (χ1) is 9.40. The number of carbonyl (C=O) groups excluding carboxylic acids is 1. The zero-order valence-corrected chi connectivity index (χ0v) is 12.5. The predicted molar refractivity (Wildman–Crippen MR) is 76.2 cm³/mol. The van der Waals surface area contributed by atoms with Crippen molar-refractivity contribution in [2.75, 3.05) is 11.9 Å². The number of esters is 1. The molecular weight excluding hydrogens is 280 g/mol. The summed E-state index contributed by atoms with van der Waals surface area (Å²) in [7, 11) is 1.73. The fourth-order valence-electron chi connectivity index (χ4n) is 1.53. The maximum Gasteiger partial charge on any atom is 0.328 e. The van der Waals surface area contributed by atoms with Crippen LogP contribution in [0.3, 0.4) is 0 Å². The Kier molecular flexibility index (Phi) is 4.03. The number of hydrogen-bond donors (Lipinski definition) is 0. The molecule has 2 rings (SSSR count). The van der Waals surface area contributed by atoms with Gasteiger partial charge in [0, 0.05) is 19.3 Å². The van der Waals surface area contributed by atoms with Crippen LogP contribution < -0.4 is 10.5 Å². The summed E-state index contributed by atoms with van der Waals surface area (Å²) in [4.78, 5) is 29.7. The zero-order valence-electron chi connectivity index (χ0n) is 11.7. The molecule has 0 N–H and O–H groups in total. The van der Waals surface area contributed by atoms with E-state index in [1.165, 1.54) is 28.1 Å². The van der Waals surface area contributed by atoms with Crippen LogP contribution in [0, 0.1) is 0 Å². The number of ether oxygens (including phenoxy) is 1. The van der Waals surface area contributed by atoms with Crippen molar-refractivity contribution in [3.05, 3.63) is 22.6 Å². The molecular formula is C12H16N4O3S. The summed E-state index contributed by atoms with van der Waals surface area (Å²) < 4.78 is 6.38. The van der Waals surface area contributed by atoms with Crippen molar-refractivity contribution >= 4 is 27.4 Å². The number of carbonyl (C=O) groups is 1. The molecule has 108 valence electrons. The molecule has 1 unspecified atom stereocenters. The van der Waals surface area contributed by atoms with Crippen LogP contribution in [-0.2, 0) is 9.53 Å². The first-order valence-corrected chi connectivity index (χ1v) is 7.00. The number of aromatic nitrogens is 3. The Morgan fingerprint density at radius 3 is 2.75 bits per heavy atom. The van der Waals surface area contributed by atoms with Gasteiger partial charge in [0.1, 0.15) is 6.04 Å². The number of fused-ring (bicyclic) bond motifs is 1. The Morgan fingerprint density at radius 1 is 1.45 bits per heavy atom. The standard InChI is InChI=1S/C12H16N4O3S/c1-7(2)19-10(18)8(3)15(4)12-14-16-9(17)5-6-13-11(16)20-12/h5-8H,1-4H3. The molecule has 0 aliphatic carbocycles. The lowest BCUT2D eigenvalue weighted by molar-refractivity contribution is -0.148. The normalized spacial score (nSPS) is 12.7. The topological polar surface area (TPSA) is 76.8 Å². The minimum atomic E-state index is -0.492. The van der Waals surface area contributed by atoms with E-state index in [0.717, 1.165) is 0 Å². The second-order valence-corrected chi connectivity index (χ2v) is 5.57. The number of anilines is 1. The van der Waals surface area contributed by atoms with Crippen LogP contribution in [0.4, 0.5) is 5.13 Å². The summed E-state index contributed by atoms with van der Waals surface area (Å²) in [5, 5.41) is 4.71. The van der Waals surface area contributed by atoms with Gasteiger partial charge in [-0.3, -0.25) is 4.79 Å². The highest BCUT2D eigenvalue weighted by atomic mass is 32.1. The van der Waals surface area contributed by atoms with Crippen LogP contribution in [0.25, 0.3) is 4.96 Å². The quantitative estimate of drug-likeness (QED) is 0.781. The molecule has 1 atom stereocenters. The summed E-state index contributed by atoms with van der Waals surface area (Å²) in [6.45, 7) is 5.32. The van der Waals surface area contributed by atoms with Crippen LogP contribution in [0.5, 0.6) is 0 Å². The molecule has 8 heteroatoms. The average Bonchev–Trinajstić information content (AvgIpc) is 2.81. The Balaban J connectivity index is 2.27. The molecule has 2 aromatic heterocycles. The van der Waals surface area contributed by atoms with Gasteiger partial charge in [-0.05, 0) is 20.8 Å². The number of likely N-dealkylation sites (N-methyl/N-ethyl adjacent to an activating group) is 1. The van der Waals surface area contributed by atoms with Gasteiger partial charge >= 0.3 is 5.97 Å². The molecule has 0 aliphatic rings. The van der Waals surface area contributed by atoms with Crippen molar-refractivity contribution in [2.24, 2.45) is 0 Å². The Hall–Kier alpha value is -1.96. The van der Waals surface area contributed by atoms with Crippen molar-refractivity contribution in [2.45, 2.75) is 32.9 Å². The molecule has 0 radical (unpaired) electrons. The summed E-state index contributed by atoms with van der Waals surface area (Å²) in [5.74, 6) is -0.331. The lowest BCUT2D eigenvalue weighted by Crippen LogP contribution is -2.38. The molecule has 0 saturated heterocycles. The van der Waals surface area contributed by atoms with Crippen LogP contribution in [-0.4, -0.2) is 39.8 Å². The molecule has 2 aromatic rings. The van der Waals surface area contributed by atoms with Crippen molar-refractivity contribution in [1.29, 1.82) is 0 Å². The van der Waals surface area contributed by atoms with Crippen molar-refractivity contribution in [3.8, 4) is 0 Å². The summed E-state index contributed by atoms with van der Waals surface area (Å²) >= 11 is 1.24. The van der Waals surface area contributed by atoms with E-state index in [9.17, 15) is 9.59 Å². The van der Waals surface area contributed by atoms with Gasteiger partial charge in [-0.1, -0.05) is 11.3 Å². The summed E-state index contributed by atoms with van der Waals surface area (Å²) in [6.07, 6.45) is 1.27. The second kappa shape index (κ2) is 5.58. The Labute approximate surface area is 119 Å². The fourth-order valence-corrected chi connectivity index (χ4v) is 2.45. The third-order valence-electron chi connectivity index (χ3n) is 2.74. The van der Waals surface area contributed by atoms with E-state index in [4.69, 9.17) is 4.74 Å². The fraction of sp³-hybridized carbons (Fsp3) is 0.500. The van der Waals surface area contributed by atoms with Crippen LogP contribution >= 0.6 is 11.3 Å². The molecule has 2 heterocycles. The average molecular weight is 296 g/mol. The Bertz CT molecular complexity index is 679. The number of rotatable bonds is 4. The maximum atomic E-state index is 11.9. The Morgan fingerprint density at radius 2 is 2.15 bits per heavy atom. The van der Waals surface area contributed by atoms with Gasteiger partial charge in [0.25, 0.3) is 5.56 Å². The molecule has 20 heavy (non-hydrogen) atoms. The van der Waals surface area contributed by atoms with E-state index in [1.807, 2.05) is 0 Å². The maximum absolute atomic E-state index is 11.9. The highest BCUT2D eigenvalue weighted by Crippen LogP contribution is 2.21. The van der Waals surface area contributed by atoms with E-state index in [-0.39, 0.29) is 17.6 Å². The van der Waals surface area contributed by atoms with E-state index in [1.54, 1.807) is 32.7 Å². The third-order valence-corrected chi connectivity index (χ3v) is 3.75. The van der Waals surface area contributed by atoms with Gasteiger partial charge in [-0.25, -0.2) is 9.78 Å². The van der Waals surface area contributed by atoms with Gasteiger partial charge < -0.3 is 9.64 Å². The molecule has 0 amide bonds. The van der Waals surface area contributed by atoms with Crippen molar-refractivity contribution in [3.63, 3.8) is 0 Å². The summed E-state index contributed by atoms with van der Waals surface area (Å²) in [6, 6.07) is 0.848. The van der Waals surface area contributed by atoms with E-state index >= 15 is 0 Å². The molecule has 0 aliphatic heterocycles. The molecule has 0 spiro atoms. The number of hydrogen-bond acceptors (Lipinski definition) is 7. The van der Waals surface area contributed by atoms with Gasteiger partial charge in [0.15, 0.2) is 0 Å². The largest absolute Gasteiger partial charge is 0.461 e. The smallest absolute Gasteiger partial charge is 0.328 e. The van der Waals surface area contributed by atoms with Gasteiger partial charge in [-0.2, -0.15) is 4.52 Å². The highest BCUT2D eigenvalue weighted by molar-refractivity contribution is 7.20. The molecule has 0 aromatic carbocycles. The van der Waals surface area contributed by atoms with E-state index in [2.05, 4.69) is 10.1 Å². The number of nitrogens with zero attached hydrogens (tertiary/aromatic N) is 4. The molecule has 0 saturated carbocycles. The van der Waals surface area contributed by atoms with Crippen molar-refractivity contribution < 1.29 is 9.53 Å². The highest BCUT2D eigenvalue weighted by Gasteiger charge is 2.23. The lowest BCUT2D eigenvalue weighted by Gasteiger charge is -2.23. The van der Waals surface area contributed by atoms with E-state index < -0.39 is 6.04 Å². The predicted octanol–water partition coefficient (Wildman–Crippen LogP) is 0.927. The lowest BCUT2D eigenvalue weighted by atomic mass is 10.3. The first kappa shape index (κ1) is 14.4. The van der Waals surface area contributed by atoms with Crippen LogP contribution in [0.2, 0.25) is 0 Å². The third kappa shape index (κ3) is 2.79. The van der Waals surface area contributed by atoms with E-state index in [0.29, 0.717) is 10.1 Å². The van der Waals surface area contributed by atoms with Crippen molar-refractivity contribution in [1.82, 2.24) is 14.6 Å². The molecule has 0 fully saturated rings. The molecule has 0 bridgehead atoms. The SMILES string of the molecule is CC(C)OC(=O)C(C)N(C)c1nn2c(=O)ccnc2s1. The van der Waals surface area contributed by atoms with Crippen LogP contribution in [0.1, 0.15) is 20.8 Å². The minimum absolute atomic E-state index is 0.169. The first-order valence-electron chi connectivity index (χ1n) is 6.18. The zero-order chi connectivity index (χ0) is 14.9. The van der Waals surface area contributed by atoms with Crippen LogP contribution in [0.15, 0.2) is 17.1 Å². The van der Waals surface area contributed by atoms with Gasteiger partial charge in [-0.15, -0.1) is 5.10 Å². The van der Waals surface area contributed by atoms with Gasteiger partial charge in [0.2, 0.25) is 10.1 Å².